The number of aromatic nitrogens is 1. The Morgan fingerprint density at radius 1 is 1.06 bits per heavy atom. The first-order valence-corrected chi connectivity index (χ1v) is 10.2. The highest BCUT2D eigenvalue weighted by Crippen LogP contribution is 2.18. The summed E-state index contributed by atoms with van der Waals surface area (Å²) in [7, 11) is 0. The first-order valence-electron chi connectivity index (χ1n) is 10.2. The Morgan fingerprint density at radius 3 is 2.42 bits per heavy atom. The van der Waals surface area contributed by atoms with E-state index in [0.29, 0.717) is 0 Å². The number of aliphatic carboxylic acids is 2. The van der Waals surface area contributed by atoms with E-state index in [-0.39, 0.29) is 12.8 Å². The molecule has 0 saturated carbocycles. The molecule has 1 aromatic carbocycles. The van der Waals surface area contributed by atoms with Crippen LogP contribution in [0, 0.1) is 0 Å². The van der Waals surface area contributed by atoms with Gasteiger partial charge in [0.15, 0.2) is 0 Å². The van der Waals surface area contributed by atoms with E-state index in [1.165, 1.54) is 6.92 Å². The lowest BCUT2D eigenvalue weighted by Gasteiger charge is -2.20. The van der Waals surface area contributed by atoms with Gasteiger partial charge in [0, 0.05) is 23.5 Å². The molecule has 0 fully saturated rings. The van der Waals surface area contributed by atoms with Crippen molar-refractivity contribution in [3.8, 4) is 0 Å². The SMILES string of the molecule is CC(NC(=O)C(CCC(=O)O)NC(=O)CNC(=O)C(N)Cc1c[nH]c2ccccc12)C(=O)O. The molecular formula is C21H27N5O7. The van der Waals surface area contributed by atoms with Crippen LogP contribution in [0.2, 0.25) is 0 Å². The molecular weight excluding hydrogens is 434 g/mol. The molecule has 0 bridgehead atoms. The molecule has 3 amide bonds. The van der Waals surface area contributed by atoms with Gasteiger partial charge in [-0.3, -0.25) is 24.0 Å². The topological polar surface area (TPSA) is 204 Å². The summed E-state index contributed by atoms with van der Waals surface area (Å²) in [6, 6.07) is 4.08. The fourth-order valence-corrected chi connectivity index (χ4v) is 3.09. The molecule has 0 spiro atoms. The highest BCUT2D eigenvalue weighted by Gasteiger charge is 2.25. The van der Waals surface area contributed by atoms with Crippen LogP contribution in [-0.4, -0.2) is 69.5 Å². The molecule has 0 aliphatic rings. The van der Waals surface area contributed by atoms with Crippen LogP contribution in [0.15, 0.2) is 30.5 Å². The van der Waals surface area contributed by atoms with Crippen LogP contribution in [-0.2, 0) is 30.4 Å². The summed E-state index contributed by atoms with van der Waals surface area (Å²) in [4.78, 5) is 61.6. The highest BCUT2D eigenvalue weighted by atomic mass is 16.4. The number of hydrogen-bond acceptors (Lipinski definition) is 6. The van der Waals surface area contributed by atoms with E-state index in [1.54, 1.807) is 6.20 Å². The van der Waals surface area contributed by atoms with Crippen molar-refractivity contribution in [2.75, 3.05) is 6.54 Å². The van der Waals surface area contributed by atoms with Gasteiger partial charge in [-0.05, 0) is 31.4 Å². The number of carbonyl (C=O) groups is 5. The van der Waals surface area contributed by atoms with E-state index in [4.69, 9.17) is 15.9 Å². The average molecular weight is 461 g/mol. The summed E-state index contributed by atoms with van der Waals surface area (Å²) in [6.07, 6.45) is 1.30. The number of aromatic amines is 1. The van der Waals surface area contributed by atoms with E-state index in [2.05, 4.69) is 20.9 Å². The molecule has 8 N–H and O–H groups in total. The van der Waals surface area contributed by atoms with Crippen molar-refractivity contribution in [1.82, 2.24) is 20.9 Å². The Balaban J connectivity index is 1.90. The molecule has 33 heavy (non-hydrogen) atoms. The molecule has 0 aliphatic heterocycles. The lowest BCUT2D eigenvalue weighted by molar-refractivity contribution is -0.142. The smallest absolute Gasteiger partial charge is 0.325 e. The van der Waals surface area contributed by atoms with Gasteiger partial charge in [0.2, 0.25) is 17.7 Å². The van der Waals surface area contributed by atoms with Crippen LogP contribution in [0.5, 0.6) is 0 Å². The van der Waals surface area contributed by atoms with E-state index in [1.807, 2.05) is 24.3 Å². The van der Waals surface area contributed by atoms with Gasteiger partial charge in [0.1, 0.15) is 12.1 Å². The predicted molar refractivity (Wildman–Crippen MR) is 117 cm³/mol. The first-order chi connectivity index (χ1) is 15.6. The Bertz CT molecular complexity index is 1030. The number of carboxylic acids is 2. The maximum atomic E-state index is 12.3. The van der Waals surface area contributed by atoms with Crippen molar-refractivity contribution < 1.29 is 34.2 Å². The number of nitrogens with two attached hydrogens (primary N) is 1. The number of fused-ring (bicyclic) bond motifs is 1. The van der Waals surface area contributed by atoms with Crippen molar-refractivity contribution in [2.45, 2.75) is 44.3 Å². The van der Waals surface area contributed by atoms with Gasteiger partial charge >= 0.3 is 11.9 Å². The first kappa shape index (κ1) is 25.3. The number of benzene rings is 1. The van der Waals surface area contributed by atoms with Gasteiger partial charge in [-0.25, -0.2) is 0 Å². The fraction of sp³-hybridized carbons (Fsp3) is 0.381. The number of H-pyrrole nitrogens is 1. The lowest BCUT2D eigenvalue weighted by Crippen LogP contribution is -2.53. The predicted octanol–water partition coefficient (Wildman–Crippen LogP) is -0.907. The average Bonchev–Trinajstić information content (AvgIpc) is 3.17. The molecule has 2 rings (SSSR count). The third kappa shape index (κ3) is 7.61. The van der Waals surface area contributed by atoms with Gasteiger partial charge in [0.25, 0.3) is 0 Å². The molecule has 178 valence electrons. The highest BCUT2D eigenvalue weighted by molar-refractivity contribution is 5.93. The second kappa shape index (κ2) is 11.6. The fourth-order valence-electron chi connectivity index (χ4n) is 3.09. The third-order valence-electron chi connectivity index (χ3n) is 4.90. The monoisotopic (exact) mass is 461 g/mol. The Hall–Kier alpha value is -3.93. The quantitative estimate of drug-likeness (QED) is 0.210. The molecule has 2 aromatic rings. The molecule has 0 radical (unpaired) electrons. The summed E-state index contributed by atoms with van der Waals surface area (Å²) < 4.78 is 0. The maximum absolute atomic E-state index is 12.3. The van der Waals surface area contributed by atoms with E-state index >= 15 is 0 Å². The van der Waals surface area contributed by atoms with Gasteiger partial charge in [0.05, 0.1) is 12.6 Å². The molecule has 1 aromatic heterocycles. The molecule has 1 heterocycles. The zero-order valence-corrected chi connectivity index (χ0v) is 18.0. The molecule has 12 nitrogen and oxygen atoms in total. The van der Waals surface area contributed by atoms with Crippen LogP contribution in [0.1, 0.15) is 25.3 Å². The van der Waals surface area contributed by atoms with Gasteiger partial charge in [-0.15, -0.1) is 0 Å². The minimum Gasteiger partial charge on any atom is -0.481 e. The van der Waals surface area contributed by atoms with E-state index in [0.717, 1.165) is 16.5 Å². The Kier molecular flexibility index (Phi) is 8.92. The molecule has 12 heteroatoms. The van der Waals surface area contributed by atoms with Gasteiger partial charge in [-0.1, -0.05) is 18.2 Å². The van der Waals surface area contributed by atoms with Crippen molar-refractivity contribution in [3.05, 3.63) is 36.0 Å². The number of rotatable bonds is 12. The number of nitrogens with one attached hydrogen (secondary N) is 4. The molecule has 0 saturated heterocycles. The number of para-hydroxylation sites is 1. The van der Waals surface area contributed by atoms with Crippen molar-refractivity contribution in [3.63, 3.8) is 0 Å². The second-order valence-corrected chi connectivity index (χ2v) is 7.51. The standard InChI is InChI=1S/C21H27N5O7/c1-11(21(32)33)25-20(31)16(6-7-18(28)29)26-17(27)10-24-19(30)14(22)8-12-9-23-15-5-3-2-4-13(12)15/h2-5,9,11,14,16,23H,6-8,10,22H2,1H3,(H,24,30)(H,25,31)(H,26,27)(H,28,29)(H,32,33). The van der Waals surface area contributed by atoms with Crippen LogP contribution in [0.25, 0.3) is 10.9 Å². The van der Waals surface area contributed by atoms with E-state index < -0.39 is 60.8 Å². The summed E-state index contributed by atoms with van der Waals surface area (Å²) in [5.41, 5.74) is 7.70. The Labute approximate surface area is 188 Å². The molecule has 3 unspecified atom stereocenters. The summed E-state index contributed by atoms with van der Waals surface area (Å²) >= 11 is 0. The number of amides is 3. The van der Waals surface area contributed by atoms with Crippen LogP contribution in [0.3, 0.4) is 0 Å². The van der Waals surface area contributed by atoms with Gasteiger partial charge < -0.3 is 36.9 Å². The number of carbonyl (C=O) groups excluding carboxylic acids is 3. The summed E-state index contributed by atoms with van der Waals surface area (Å²) in [5, 5.41) is 25.5. The zero-order valence-electron chi connectivity index (χ0n) is 18.0. The summed E-state index contributed by atoms with van der Waals surface area (Å²) in [5.74, 6) is -4.66. The second-order valence-electron chi connectivity index (χ2n) is 7.51. The summed E-state index contributed by atoms with van der Waals surface area (Å²) in [6.45, 7) is 0.734. The van der Waals surface area contributed by atoms with Crippen molar-refractivity contribution >= 4 is 40.6 Å². The molecule has 3 atom stereocenters. The van der Waals surface area contributed by atoms with E-state index in [9.17, 15) is 24.0 Å². The van der Waals surface area contributed by atoms with Gasteiger partial charge in [-0.2, -0.15) is 0 Å². The van der Waals surface area contributed by atoms with Crippen LogP contribution < -0.4 is 21.7 Å². The third-order valence-corrected chi connectivity index (χ3v) is 4.90. The zero-order chi connectivity index (χ0) is 24.5. The number of hydrogen-bond donors (Lipinski definition) is 7. The normalized spacial score (nSPS) is 13.5. The maximum Gasteiger partial charge on any atom is 0.325 e. The van der Waals surface area contributed by atoms with Crippen LogP contribution >= 0.6 is 0 Å². The van der Waals surface area contributed by atoms with Crippen molar-refractivity contribution in [2.24, 2.45) is 5.73 Å². The number of carboxylic acid groups (broad SMARTS) is 2. The van der Waals surface area contributed by atoms with Crippen molar-refractivity contribution in [1.29, 1.82) is 0 Å². The molecule has 0 aliphatic carbocycles. The largest absolute Gasteiger partial charge is 0.481 e. The van der Waals surface area contributed by atoms with Crippen LogP contribution in [0.4, 0.5) is 0 Å². The minimum absolute atomic E-state index is 0.230. The Morgan fingerprint density at radius 2 is 1.76 bits per heavy atom. The lowest BCUT2D eigenvalue weighted by atomic mass is 10.1. The minimum atomic E-state index is -1.29.